The van der Waals surface area contributed by atoms with Crippen LogP contribution in [0.4, 0.5) is 0 Å². The molecule has 0 fully saturated rings. The molecule has 4 heteroatoms. The summed E-state index contributed by atoms with van der Waals surface area (Å²) in [6.07, 6.45) is 21.2. The molecule has 2 N–H and O–H groups in total. The first-order chi connectivity index (χ1) is 11.5. The summed E-state index contributed by atoms with van der Waals surface area (Å²) in [7, 11) is 0. The molecule has 1 unspecified atom stereocenters. The number of unbranched alkanes of at least 4 members (excludes halogenated alkanes) is 15. The van der Waals surface area contributed by atoms with Crippen molar-refractivity contribution in [2.24, 2.45) is 0 Å². The molecule has 3 nitrogen and oxygen atoms in total. The standard InChI is InChI=1S/C21H42O3.Na.H/c1-3-4-5-6-7-8-9-10-11-12-13-14-15-16-17-18-19-21(2,24)20(22)23;;/h24H,3-19H2,1-2H3,(H,22,23);;. The molecule has 0 aromatic heterocycles. The summed E-state index contributed by atoms with van der Waals surface area (Å²) in [5.41, 5.74) is -1.55. The van der Waals surface area contributed by atoms with Gasteiger partial charge in [-0.2, -0.15) is 0 Å². The van der Waals surface area contributed by atoms with E-state index in [0.717, 1.165) is 19.3 Å². The van der Waals surface area contributed by atoms with Crippen LogP contribution in [0.5, 0.6) is 0 Å². The molecule has 0 amide bonds. The molecule has 0 saturated heterocycles. The number of carboxylic acids is 1. The third-order valence-electron chi connectivity index (χ3n) is 4.98. The average molecular weight is 367 g/mol. The van der Waals surface area contributed by atoms with E-state index in [-0.39, 0.29) is 29.6 Å². The molecule has 0 heterocycles. The summed E-state index contributed by atoms with van der Waals surface area (Å²) >= 11 is 0. The van der Waals surface area contributed by atoms with Gasteiger partial charge in [0.1, 0.15) is 0 Å². The summed E-state index contributed by atoms with van der Waals surface area (Å²) in [6.45, 7) is 3.66. The quantitative estimate of drug-likeness (QED) is 0.237. The summed E-state index contributed by atoms with van der Waals surface area (Å²) in [5.74, 6) is -1.11. The molecule has 0 aromatic carbocycles. The summed E-state index contributed by atoms with van der Waals surface area (Å²) in [5, 5.41) is 18.4. The van der Waals surface area contributed by atoms with Crippen molar-refractivity contribution in [1.29, 1.82) is 0 Å². The Labute approximate surface area is 178 Å². The van der Waals surface area contributed by atoms with Crippen LogP contribution in [0.1, 0.15) is 123 Å². The van der Waals surface area contributed by atoms with Crippen molar-refractivity contribution < 1.29 is 15.0 Å². The Balaban J connectivity index is 0. The second-order valence-electron chi connectivity index (χ2n) is 7.63. The predicted molar refractivity (Wildman–Crippen MR) is 110 cm³/mol. The first-order valence-electron chi connectivity index (χ1n) is 10.5. The molecule has 0 bridgehead atoms. The van der Waals surface area contributed by atoms with Crippen LogP contribution in [-0.4, -0.2) is 51.3 Å². The van der Waals surface area contributed by atoms with Crippen LogP contribution < -0.4 is 0 Å². The minimum atomic E-state index is -1.55. The molecule has 0 aliphatic rings. The zero-order valence-electron chi connectivity index (χ0n) is 16.3. The van der Waals surface area contributed by atoms with Crippen molar-refractivity contribution >= 4 is 35.5 Å². The second kappa shape index (κ2) is 19.2. The molecule has 1 atom stereocenters. The normalized spacial score (nSPS) is 13.2. The number of hydrogen-bond acceptors (Lipinski definition) is 2. The second-order valence-corrected chi connectivity index (χ2v) is 7.63. The molecular formula is C21H43NaO3. The van der Waals surface area contributed by atoms with Crippen LogP contribution >= 0.6 is 0 Å². The Morgan fingerprint density at radius 3 is 1.24 bits per heavy atom. The van der Waals surface area contributed by atoms with Gasteiger partial charge in [-0.3, -0.25) is 0 Å². The van der Waals surface area contributed by atoms with Crippen molar-refractivity contribution in [3.63, 3.8) is 0 Å². The molecule has 0 spiro atoms. The van der Waals surface area contributed by atoms with Crippen molar-refractivity contribution in [2.75, 3.05) is 0 Å². The summed E-state index contributed by atoms with van der Waals surface area (Å²) in [6, 6.07) is 0. The van der Waals surface area contributed by atoms with Gasteiger partial charge in [0.05, 0.1) is 0 Å². The number of hydrogen-bond donors (Lipinski definition) is 2. The van der Waals surface area contributed by atoms with Gasteiger partial charge in [-0.05, 0) is 19.8 Å². The number of carboxylic acid groups (broad SMARTS) is 1. The molecule has 0 aliphatic carbocycles. The molecular weight excluding hydrogens is 323 g/mol. The monoisotopic (exact) mass is 366 g/mol. The zero-order valence-corrected chi connectivity index (χ0v) is 16.3. The first kappa shape index (κ1) is 27.6. The minimum absolute atomic E-state index is 0. The Hall–Kier alpha value is 0.430. The van der Waals surface area contributed by atoms with Crippen LogP contribution in [0.25, 0.3) is 0 Å². The van der Waals surface area contributed by atoms with Crippen molar-refractivity contribution in [3.05, 3.63) is 0 Å². The van der Waals surface area contributed by atoms with Gasteiger partial charge in [0, 0.05) is 0 Å². The average Bonchev–Trinajstić information content (AvgIpc) is 2.54. The molecule has 0 rings (SSSR count). The van der Waals surface area contributed by atoms with Crippen molar-refractivity contribution in [1.82, 2.24) is 0 Å². The van der Waals surface area contributed by atoms with Crippen LogP contribution in [-0.2, 0) is 4.79 Å². The molecule has 0 radical (unpaired) electrons. The topological polar surface area (TPSA) is 57.5 Å². The first-order valence-corrected chi connectivity index (χ1v) is 10.5. The van der Waals surface area contributed by atoms with E-state index in [9.17, 15) is 9.90 Å². The summed E-state index contributed by atoms with van der Waals surface area (Å²) in [4.78, 5) is 10.8. The maximum absolute atomic E-state index is 10.8. The molecule has 0 aliphatic heterocycles. The van der Waals surface area contributed by atoms with Gasteiger partial charge in [-0.25, -0.2) is 4.79 Å². The van der Waals surface area contributed by atoms with E-state index < -0.39 is 11.6 Å². The maximum atomic E-state index is 10.8. The van der Waals surface area contributed by atoms with Crippen LogP contribution in [0.3, 0.4) is 0 Å². The molecule has 0 aromatic rings. The van der Waals surface area contributed by atoms with Crippen LogP contribution in [0, 0.1) is 0 Å². The number of carbonyl (C=O) groups is 1. The van der Waals surface area contributed by atoms with E-state index >= 15 is 0 Å². The van der Waals surface area contributed by atoms with Gasteiger partial charge in [-0.15, -0.1) is 0 Å². The molecule has 0 saturated carbocycles. The van der Waals surface area contributed by atoms with Gasteiger partial charge in [0.15, 0.2) is 5.60 Å². The van der Waals surface area contributed by atoms with Gasteiger partial charge in [0.25, 0.3) is 0 Å². The van der Waals surface area contributed by atoms with E-state index in [1.54, 1.807) is 0 Å². The number of aliphatic carboxylic acids is 1. The summed E-state index contributed by atoms with van der Waals surface area (Å²) < 4.78 is 0. The fourth-order valence-electron chi connectivity index (χ4n) is 3.12. The predicted octanol–water partition coefficient (Wildman–Crippen LogP) is 5.83. The van der Waals surface area contributed by atoms with E-state index in [1.165, 1.54) is 90.4 Å². The van der Waals surface area contributed by atoms with E-state index in [1.807, 2.05) is 0 Å². The van der Waals surface area contributed by atoms with E-state index in [2.05, 4.69) is 6.92 Å². The Morgan fingerprint density at radius 1 is 0.680 bits per heavy atom. The third-order valence-corrected chi connectivity index (χ3v) is 4.98. The fraction of sp³-hybridized carbons (Fsp3) is 0.952. The number of rotatable bonds is 18. The Bertz CT molecular complexity index is 293. The van der Waals surface area contributed by atoms with Gasteiger partial charge in [0.2, 0.25) is 0 Å². The van der Waals surface area contributed by atoms with Gasteiger partial charge in [-0.1, -0.05) is 103 Å². The van der Waals surface area contributed by atoms with E-state index in [0.29, 0.717) is 6.42 Å². The van der Waals surface area contributed by atoms with E-state index in [4.69, 9.17) is 5.11 Å². The SMILES string of the molecule is CCCCCCCCCCCCCCCCCCC(C)(O)C(=O)O.[NaH]. The van der Waals surface area contributed by atoms with Crippen molar-refractivity contribution in [3.8, 4) is 0 Å². The fourth-order valence-corrected chi connectivity index (χ4v) is 3.12. The van der Waals surface area contributed by atoms with Crippen molar-refractivity contribution in [2.45, 2.75) is 129 Å². The number of aliphatic hydroxyl groups is 1. The third kappa shape index (κ3) is 19.0. The van der Waals surface area contributed by atoms with Gasteiger partial charge >= 0.3 is 35.5 Å². The van der Waals surface area contributed by atoms with Gasteiger partial charge < -0.3 is 10.2 Å². The van der Waals surface area contributed by atoms with Crippen LogP contribution in [0.2, 0.25) is 0 Å². The van der Waals surface area contributed by atoms with Crippen LogP contribution in [0.15, 0.2) is 0 Å². The molecule has 25 heavy (non-hydrogen) atoms. The zero-order chi connectivity index (χ0) is 18.1. The molecule has 146 valence electrons. The Kier molecular flexibility index (Phi) is 21.2. The Morgan fingerprint density at radius 2 is 0.960 bits per heavy atom.